The molecule has 0 aliphatic heterocycles. The molecule has 0 heterocycles. The van der Waals surface area contributed by atoms with Gasteiger partial charge in [0, 0.05) is 6.54 Å². The van der Waals surface area contributed by atoms with Gasteiger partial charge in [0.2, 0.25) is 0 Å². The number of nitrogens with one attached hydrogen (secondary N) is 1. The maximum absolute atomic E-state index is 13.6. The van der Waals surface area contributed by atoms with Crippen LogP contribution in [0, 0.1) is 5.82 Å². The first-order chi connectivity index (χ1) is 9.68. The number of aromatic carboxylic acids is 1. The summed E-state index contributed by atoms with van der Waals surface area (Å²) >= 11 is 0. The number of carboxylic acids is 1. The summed E-state index contributed by atoms with van der Waals surface area (Å²) in [6.07, 6.45) is 6.14. The number of para-hydroxylation sites is 1. The van der Waals surface area contributed by atoms with Crippen LogP contribution in [0.25, 0.3) is 0 Å². The lowest BCUT2D eigenvalue weighted by Gasteiger charge is -2.22. The minimum Gasteiger partial charge on any atom is -0.478 e. The van der Waals surface area contributed by atoms with Crippen molar-refractivity contribution < 1.29 is 19.0 Å². The Hall–Kier alpha value is -1.62. The number of rotatable bonds is 6. The molecule has 1 fully saturated rings. The SMILES string of the molecule is O=C(O)c1cccc(F)c1NCCOC1CCCCC1. The van der Waals surface area contributed by atoms with Gasteiger partial charge in [-0.2, -0.15) is 0 Å². The number of benzene rings is 1. The maximum atomic E-state index is 13.6. The smallest absolute Gasteiger partial charge is 0.337 e. The summed E-state index contributed by atoms with van der Waals surface area (Å²) in [5.41, 5.74) is -0.0186. The fourth-order valence-electron chi connectivity index (χ4n) is 2.52. The van der Waals surface area contributed by atoms with Crippen LogP contribution in [0.4, 0.5) is 10.1 Å². The molecule has 0 saturated heterocycles. The molecule has 0 aromatic heterocycles. The number of hydrogen-bond acceptors (Lipinski definition) is 3. The minimum absolute atomic E-state index is 0.0345. The summed E-state index contributed by atoms with van der Waals surface area (Å²) < 4.78 is 19.3. The molecule has 0 spiro atoms. The first kappa shape index (κ1) is 14.8. The summed E-state index contributed by atoms with van der Waals surface area (Å²) in [4.78, 5) is 11.0. The lowest BCUT2D eigenvalue weighted by Crippen LogP contribution is -2.21. The second-order valence-electron chi connectivity index (χ2n) is 5.03. The van der Waals surface area contributed by atoms with Crippen LogP contribution in [0.5, 0.6) is 0 Å². The first-order valence-electron chi connectivity index (χ1n) is 7.06. The first-order valence-corrected chi connectivity index (χ1v) is 7.06. The Balaban J connectivity index is 1.83. The number of carbonyl (C=O) groups is 1. The molecular weight excluding hydrogens is 261 g/mol. The van der Waals surface area contributed by atoms with Crippen molar-refractivity contribution in [3.05, 3.63) is 29.6 Å². The third-order valence-corrected chi connectivity index (χ3v) is 3.55. The Bertz CT molecular complexity index is 458. The Kier molecular flexibility index (Phi) is 5.35. The van der Waals surface area contributed by atoms with Crippen molar-refractivity contribution >= 4 is 11.7 Å². The van der Waals surface area contributed by atoms with E-state index < -0.39 is 11.8 Å². The predicted octanol–water partition coefficient (Wildman–Crippen LogP) is 3.29. The van der Waals surface area contributed by atoms with Crippen LogP contribution in [0.15, 0.2) is 18.2 Å². The van der Waals surface area contributed by atoms with E-state index in [1.165, 1.54) is 37.5 Å². The second-order valence-corrected chi connectivity index (χ2v) is 5.03. The van der Waals surface area contributed by atoms with E-state index >= 15 is 0 Å². The predicted molar refractivity (Wildman–Crippen MR) is 74.7 cm³/mol. The maximum Gasteiger partial charge on any atom is 0.337 e. The molecule has 1 aromatic rings. The van der Waals surface area contributed by atoms with Crippen molar-refractivity contribution in [2.45, 2.75) is 38.2 Å². The third-order valence-electron chi connectivity index (χ3n) is 3.55. The summed E-state index contributed by atoms with van der Waals surface area (Å²) in [6.45, 7) is 0.857. The highest BCUT2D eigenvalue weighted by Gasteiger charge is 2.15. The molecule has 0 bridgehead atoms. The molecule has 4 nitrogen and oxygen atoms in total. The summed E-state index contributed by atoms with van der Waals surface area (Å²) in [7, 11) is 0. The average molecular weight is 281 g/mol. The van der Waals surface area contributed by atoms with Gasteiger partial charge in [-0.25, -0.2) is 9.18 Å². The van der Waals surface area contributed by atoms with Crippen molar-refractivity contribution in [1.82, 2.24) is 0 Å². The Morgan fingerprint density at radius 3 is 2.80 bits per heavy atom. The molecule has 1 saturated carbocycles. The van der Waals surface area contributed by atoms with Crippen molar-refractivity contribution in [2.24, 2.45) is 0 Å². The number of anilines is 1. The zero-order chi connectivity index (χ0) is 14.4. The van der Waals surface area contributed by atoms with Gasteiger partial charge in [0.05, 0.1) is 24.0 Å². The number of hydrogen-bond donors (Lipinski definition) is 2. The monoisotopic (exact) mass is 281 g/mol. The second kappa shape index (κ2) is 7.24. The van der Waals surface area contributed by atoms with E-state index in [1.807, 2.05) is 0 Å². The fourth-order valence-corrected chi connectivity index (χ4v) is 2.52. The number of ether oxygens (including phenoxy) is 1. The average Bonchev–Trinajstić information content (AvgIpc) is 2.45. The van der Waals surface area contributed by atoms with E-state index in [-0.39, 0.29) is 11.3 Å². The van der Waals surface area contributed by atoms with Crippen LogP contribution in [-0.4, -0.2) is 30.3 Å². The summed E-state index contributed by atoms with van der Waals surface area (Å²) in [5.74, 6) is -1.69. The molecule has 2 rings (SSSR count). The largest absolute Gasteiger partial charge is 0.478 e. The van der Waals surface area contributed by atoms with Crippen molar-refractivity contribution in [3.8, 4) is 0 Å². The van der Waals surface area contributed by atoms with Gasteiger partial charge in [-0.1, -0.05) is 25.3 Å². The molecule has 0 radical (unpaired) electrons. The minimum atomic E-state index is -1.14. The molecule has 0 unspecified atom stereocenters. The van der Waals surface area contributed by atoms with Gasteiger partial charge in [-0.3, -0.25) is 0 Å². The van der Waals surface area contributed by atoms with Crippen molar-refractivity contribution in [3.63, 3.8) is 0 Å². The summed E-state index contributed by atoms with van der Waals surface area (Å²) in [5, 5.41) is 11.8. The van der Waals surface area contributed by atoms with Gasteiger partial charge in [-0.15, -0.1) is 0 Å². The van der Waals surface area contributed by atoms with E-state index in [0.29, 0.717) is 19.3 Å². The van der Waals surface area contributed by atoms with Crippen LogP contribution < -0.4 is 5.32 Å². The van der Waals surface area contributed by atoms with Crippen LogP contribution >= 0.6 is 0 Å². The molecule has 0 amide bonds. The van der Waals surface area contributed by atoms with Crippen LogP contribution in [0.1, 0.15) is 42.5 Å². The van der Waals surface area contributed by atoms with Gasteiger partial charge in [0.1, 0.15) is 5.82 Å². The zero-order valence-corrected chi connectivity index (χ0v) is 11.4. The van der Waals surface area contributed by atoms with Gasteiger partial charge in [-0.05, 0) is 25.0 Å². The van der Waals surface area contributed by atoms with E-state index in [4.69, 9.17) is 9.84 Å². The standard InChI is InChI=1S/C15H20FNO3/c16-13-8-4-7-12(15(18)19)14(13)17-9-10-20-11-5-2-1-3-6-11/h4,7-8,11,17H,1-3,5-6,9-10H2,(H,18,19). The molecule has 0 atom stereocenters. The molecule has 5 heteroatoms. The van der Waals surface area contributed by atoms with Crippen LogP contribution in [-0.2, 0) is 4.74 Å². The van der Waals surface area contributed by atoms with Gasteiger partial charge in [0.15, 0.2) is 0 Å². The molecule has 1 aromatic carbocycles. The Morgan fingerprint density at radius 2 is 2.10 bits per heavy atom. The van der Waals surface area contributed by atoms with Crippen LogP contribution in [0.2, 0.25) is 0 Å². The van der Waals surface area contributed by atoms with Crippen molar-refractivity contribution in [2.75, 3.05) is 18.5 Å². The lowest BCUT2D eigenvalue weighted by molar-refractivity contribution is 0.0347. The Labute approximate surface area is 117 Å². The van der Waals surface area contributed by atoms with Gasteiger partial charge in [0.25, 0.3) is 0 Å². The molecule has 2 N–H and O–H groups in total. The van der Waals surface area contributed by atoms with Crippen LogP contribution in [0.3, 0.4) is 0 Å². The zero-order valence-electron chi connectivity index (χ0n) is 11.4. The lowest BCUT2D eigenvalue weighted by atomic mass is 9.98. The molecule has 110 valence electrons. The highest BCUT2D eigenvalue weighted by atomic mass is 19.1. The Morgan fingerprint density at radius 1 is 1.35 bits per heavy atom. The quantitative estimate of drug-likeness (QED) is 0.786. The normalized spacial score (nSPS) is 16.1. The molecular formula is C15H20FNO3. The molecule has 1 aliphatic carbocycles. The van der Waals surface area contributed by atoms with E-state index in [0.717, 1.165) is 12.8 Å². The van der Waals surface area contributed by atoms with E-state index in [9.17, 15) is 9.18 Å². The summed E-state index contributed by atoms with van der Waals surface area (Å²) in [6, 6.07) is 4.02. The third kappa shape index (κ3) is 3.93. The molecule has 20 heavy (non-hydrogen) atoms. The number of halogens is 1. The highest BCUT2D eigenvalue weighted by Crippen LogP contribution is 2.21. The topological polar surface area (TPSA) is 58.6 Å². The van der Waals surface area contributed by atoms with E-state index in [1.54, 1.807) is 0 Å². The highest BCUT2D eigenvalue weighted by molar-refractivity contribution is 5.94. The van der Waals surface area contributed by atoms with Gasteiger partial charge >= 0.3 is 5.97 Å². The number of carboxylic acid groups (broad SMARTS) is 1. The van der Waals surface area contributed by atoms with Crippen molar-refractivity contribution in [1.29, 1.82) is 0 Å². The van der Waals surface area contributed by atoms with Gasteiger partial charge < -0.3 is 15.2 Å². The fraction of sp³-hybridized carbons (Fsp3) is 0.533. The van der Waals surface area contributed by atoms with E-state index in [2.05, 4.69) is 5.32 Å². The molecule has 1 aliphatic rings.